The molecule has 1 fully saturated rings. The molecule has 10 heavy (non-hydrogen) atoms. The first kappa shape index (κ1) is 7.98. The molecule has 1 rings (SSSR count). The van der Waals surface area contributed by atoms with Gasteiger partial charge in [0.1, 0.15) is 12.5 Å². The number of nitrogens with zero attached hydrogens (tertiary/aromatic N) is 1. The first-order chi connectivity index (χ1) is 4.63. The van der Waals surface area contributed by atoms with Crippen LogP contribution in [-0.4, -0.2) is 33.6 Å². The summed E-state index contributed by atoms with van der Waals surface area (Å²) in [5.74, 6) is 0. The third-order valence-electron chi connectivity index (χ3n) is 1.83. The predicted molar refractivity (Wildman–Crippen MR) is 38.2 cm³/mol. The lowest BCUT2D eigenvalue weighted by Gasteiger charge is -2.27. The van der Waals surface area contributed by atoms with E-state index in [-0.39, 0.29) is 0 Å². The van der Waals surface area contributed by atoms with Crippen molar-refractivity contribution in [2.24, 2.45) is 0 Å². The summed E-state index contributed by atoms with van der Waals surface area (Å²) in [6, 6.07) is 0.417. The normalized spacial score (nSPS) is 24.9. The molecule has 0 spiro atoms. The van der Waals surface area contributed by atoms with Gasteiger partial charge < -0.3 is 10.2 Å². The van der Waals surface area contributed by atoms with E-state index in [1.54, 1.807) is 18.7 Å². The third kappa shape index (κ3) is 1.68. The van der Waals surface area contributed by atoms with Gasteiger partial charge in [0.05, 0.1) is 0 Å². The van der Waals surface area contributed by atoms with Crippen molar-refractivity contribution in [2.75, 3.05) is 0 Å². The SMILES string of the molecule is CC(O)N(C(C)O)C1CC1. The first-order valence-electron chi connectivity index (χ1n) is 3.76. The van der Waals surface area contributed by atoms with Crippen molar-refractivity contribution in [1.82, 2.24) is 4.90 Å². The van der Waals surface area contributed by atoms with E-state index in [0.29, 0.717) is 6.04 Å². The maximum atomic E-state index is 9.16. The van der Waals surface area contributed by atoms with Gasteiger partial charge in [0, 0.05) is 6.04 Å². The molecule has 2 atom stereocenters. The molecule has 0 radical (unpaired) electrons. The van der Waals surface area contributed by atoms with Gasteiger partial charge in [0.15, 0.2) is 0 Å². The fourth-order valence-electron chi connectivity index (χ4n) is 1.30. The largest absolute Gasteiger partial charge is 0.379 e. The van der Waals surface area contributed by atoms with E-state index in [0.717, 1.165) is 12.8 Å². The zero-order valence-electron chi connectivity index (χ0n) is 6.49. The van der Waals surface area contributed by atoms with Crippen LogP contribution in [0.2, 0.25) is 0 Å². The second-order valence-electron chi connectivity index (χ2n) is 2.94. The molecule has 2 unspecified atom stereocenters. The second-order valence-corrected chi connectivity index (χ2v) is 2.94. The summed E-state index contributed by atoms with van der Waals surface area (Å²) in [7, 11) is 0. The smallest absolute Gasteiger partial charge is 0.106 e. The molecule has 0 bridgehead atoms. The Morgan fingerprint density at radius 3 is 1.70 bits per heavy atom. The fraction of sp³-hybridized carbons (Fsp3) is 1.00. The Kier molecular flexibility index (Phi) is 2.28. The number of aliphatic hydroxyl groups excluding tert-OH is 2. The van der Waals surface area contributed by atoms with Gasteiger partial charge in [-0.15, -0.1) is 0 Å². The van der Waals surface area contributed by atoms with Crippen LogP contribution in [-0.2, 0) is 0 Å². The monoisotopic (exact) mass is 145 g/mol. The van der Waals surface area contributed by atoms with Gasteiger partial charge in [0.2, 0.25) is 0 Å². The quantitative estimate of drug-likeness (QED) is 0.555. The Morgan fingerprint density at radius 2 is 1.60 bits per heavy atom. The highest BCUT2D eigenvalue weighted by Crippen LogP contribution is 2.29. The molecular formula is C7H15NO2. The molecule has 2 N–H and O–H groups in total. The average Bonchev–Trinajstić information content (AvgIpc) is 2.46. The van der Waals surface area contributed by atoms with E-state index >= 15 is 0 Å². The summed E-state index contributed by atoms with van der Waals surface area (Å²) in [5.41, 5.74) is 0. The first-order valence-corrected chi connectivity index (χ1v) is 3.76. The van der Waals surface area contributed by atoms with Crippen LogP contribution in [0.4, 0.5) is 0 Å². The van der Waals surface area contributed by atoms with Gasteiger partial charge in [-0.1, -0.05) is 0 Å². The molecular weight excluding hydrogens is 130 g/mol. The summed E-state index contributed by atoms with van der Waals surface area (Å²) in [5, 5.41) is 18.3. The van der Waals surface area contributed by atoms with E-state index in [1.165, 1.54) is 0 Å². The summed E-state index contributed by atoms with van der Waals surface area (Å²) < 4.78 is 0. The Bertz CT molecular complexity index is 99.4. The molecule has 0 aromatic rings. The van der Waals surface area contributed by atoms with Crippen molar-refractivity contribution >= 4 is 0 Å². The zero-order valence-corrected chi connectivity index (χ0v) is 6.49. The van der Waals surface area contributed by atoms with Crippen LogP contribution < -0.4 is 0 Å². The highest BCUT2D eigenvalue weighted by molar-refractivity contribution is 4.85. The Morgan fingerprint density at radius 1 is 1.20 bits per heavy atom. The minimum absolute atomic E-state index is 0.417. The summed E-state index contributed by atoms with van der Waals surface area (Å²) in [6.07, 6.45) is 1.17. The minimum Gasteiger partial charge on any atom is -0.379 e. The second kappa shape index (κ2) is 2.86. The third-order valence-corrected chi connectivity index (χ3v) is 1.83. The number of hydrogen-bond donors (Lipinski definition) is 2. The molecule has 1 aliphatic rings. The maximum absolute atomic E-state index is 9.16. The van der Waals surface area contributed by atoms with Crippen LogP contribution in [0.5, 0.6) is 0 Å². The average molecular weight is 145 g/mol. The van der Waals surface area contributed by atoms with Crippen molar-refractivity contribution in [3.63, 3.8) is 0 Å². The lowest BCUT2D eigenvalue weighted by atomic mass is 10.4. The van der Waals surface area contributed by atoms with Crippen LogP contribution >= 0.6 is 0 Å². The van der Waals surface area contributed by atoms with Gasteiger partial charge in [-0.3, -0.25) is 4.90 Å². The van der Waals surface area contributed by atoms with E-state index in [1.807, 2.05) is 0 Å². The molecule has 60 valence electrons. The molecule has 0 heterocycles. The van der Waals surface area contributed by atoms with Gasteiger partial charge in [-0.2, -0.15) is 0 Å². The van der Waals surface area contributed by atoms with Crippen LogP contribution in [0.15, 0.2) is 0 Å². The summed E-state index contributed by atoms with van der Waals surface area (Å²) in [6.45, 7) is 3.37. The summed E-state index contributed by atoms with van der Waals surface area (Å²) >= 11 is 0. The van der Waals surface area contributed by atoms with Crippen LogP contribution in [0, 0.1) is 0 Å². The Balaban J connectivity index is 2.41. The standard InChI is InChI=1S/C7H15NO2/c1-5(9)8(6(2)10)7-3-4-7/h5-7,9-10H,3-4H2,1-2H3. The highest BCUT2D eigenvalue weighted by atomic mass is 16.3. The molecule has 0 aromatic carbocycles. The van der Waals surface area contributed by atoms with Crippen LogP contribution in [0.1, 0.15) is 26.7 Å². The van der Waals surface area contributed by atoms with Gasteiger partial charge >= 0.3 is 0 Å². The van der Waals surface area contributed by atoms with Gasteiger partial charge in [0.25, 0.3) is 0 Å². The van der Waals surface area contributed by atoms with E-state index in [9.17, 15) is 0 Å². The molecule has 0 aliphatic heterocycles. The summed E-state index contributed by atoms with van der Waals surface area (Å²) in [4.78, 5) is 1.72. The Labute approximate surface area is 61.3 Å². The molecule has 1 aliphatic carbocycles. The fourth-order valence-corrected chi connectivity index (χ4v) is 1.30. The van der Waals surface area contributed by atoms with Crippen molar-refractivity contribution < 1.29 is 10.2 Å². The number of rotatable bonds is 3. The molecule has 0 aromatic heterocycles. The zero-order chi connectivity index (χ0) is 7.72. The van der Waals surface area contributed by atoms with E-state index in [4.69, 9.17) is 10.2 Å². The number of hydrogen-bond acceptors (Lipinski definition) is 3. The highest BCUT2D eigenvalue weighted by Gasteiger charge is 2.33. The van der Waals surface area contributed by atoms with Gasteiger partial charge in [-0.05, 0) is 26.7 Å². The van der Waals surface area contributed by atoms with Crippen molar-refractivity contribution in [1.29, 1.82) is 0 Å². The lowest BCUT2D eigenvalue weighted by Crippen LogP contribution is -2.41. The van der Waals surface area contributed by atoms with Gasteiger partial charge in [-0.25, -0.2) is 0 Å². The van der Waals surface area contributed by atoms with Crippen LogP contribution in [0.25, 0.3) is 0 Å². The minimum atomic E-state index is -0.521. The molecule has 0 amide bonds. The van der Waals surface area contributed by atoms with Crippen molar-refractivity contribution in [2.45, 2.75) is 45.2 Å². The topological polar surface area (TPSA) is 43.7 Å². The van der Waals surface area contributed by atoms with E-state index < -0.39 is 12.5 Å². The maximum Gasteiger partial charge on any atom is 0.106 e. The predicted octanol–water partition coefficient (Wildman–Crippen LogP) is 0.127. The molecule has 3 heteroatoms. The molecule has 1 saturated carbocycles. The van der Waals surface area contributed by atoms with E-state index in [2.05, 4.69) is 0 Å². The molecule has 3 nitrogen and oxygen atoms in total. The molecule has 0 saturated heterocycles. The van der Waals surface area contributed by atoms with Crippen molar-refractivity contribution in [3.8, 4) is 0 Å². The van der Waals surface area contributed by atoms with Crippen LogP contribution in [0.3, 0.4) is 0 Å². The number of aliphatic hydroxyl groups is 2. The Hall–Kier alpha value is -0.120. The lowest BCUT2D eigenvalue weighted by molar-refractivity contribution is -0.0895. The van der Waals surface area contributed by atoms with Crippen molar-refractivity contribution in [3.05, 3.63) is 0 Å².